The van der Waals surface area contributed by atoms with Crippen LogP contribution in [-0.4, -0.2) is 47.6 Å². The van der Waals surface area contributed by atoms with Crippen LogP contribution in [0.3, 0.4) is 0 Å². The summed E-state index contributed by atoms with van der Waals surface area (Å²) in [6.45, 7) is 3.95. The second-order valence-corrected chi connectivity index (χ2v) is 7.69. The molecule has 2 aliphatic rings. The molecule has 9 nitrogen and oxygen atoms in total. The van der Waals surface area contributed by atoms with Crippen LogP contribution in [0.1, 0.15) is 31.6 Å². The van der Waals surface area contributed by atoms with Gasteiger partial charge in [0.2, 0.25) is 18.6 Å². The van der Waals surface area contributed by atoms with E-state index in [1.807, 2.05) is 49.4 Å². The molecule has 1 aromatic heterocycles. The first-order chi connectivity index (χ1) is 15.7. The molecule has 1 fully saturated rings. The molecule has 1 atom stereocenters. The second-order valence-electron chi connectivity index (χ2n) is 7.69. The topological polar surface area (TPSA) is 99.0 Å². The number of anilines is 1. The molecule has 0 saturated carbocycles. The van der Waals surface area contributed by atoms with Crippen molar-refractivity contribution in [2.45, 2.75) is 25.7 Å². The molecule has 3 heterocycles. The van der Waals surface area contributed by atoms with E-state index in [0.29, 0.717) is 43.0 Å². The van der Waals surface area contributed by atoms with Gasteiger partial charge < -0.3 is 28.8 Å². The maximum Gasteiger partial charge on any atom is 0.321 e. The third kappa shape index (κ3) is 4.18. The number of nitrogens with one attached hydrogen (secondary N) is 1. The summed E-state index contributed by atoms with van der Waals surface area (Å²) < 4.78 is 22.2. The SMILES string of the molecule is CCOc1ccc(NC(=O)N2CCCC(c3nnc(-c4ccc5c(c4)OCO5)o3)C2)cc1. The number of rotatable bonds is 5. The number of carbonyl (C=O) groups excluding carboxylic acids is 1. The van der Waals surface area contributed by atoms with Crippen molar-refractivity contribution in [2.24, 2.45) is 0 Å². The highest BCUT2D eigenvalue weighted by molar-refractivity contribution is 5.89. The Morgan fingerprint density at radius 1 is 1.16 bits per heavy atom. The van der Waals surface area contributed by atoms with E-state index >= 15 is 0 Å². The Morgan fingerprint density at radius 2 is 2.00 bits per heavy atom. The Morgan fingerprint density at radius 3 is 2.84 bits per heavy atom. The van der Waals surface area contributed by atoms with Gasteiger partial charge in [-0.25, -0.2) is 4.79 Å². The van der Waals surface area contributed by atoms with Crippen molar-refractivity contribution in [1.82, 2.24) is 15.1 Å². The molecular weight excluding hydrogens is 412 g/mol. The molecule has 1 unspecified atom stereocenters. The van der Waals surface area contributed by atoms with Crippen molar-refractivity contribution in [3.05, 3.63) is 48.4 Å². The molecule has 5 rings (SSSR count). The average molecular weight is 436 g/mol. The standard InChI is InChI=1S/C23H24N4O5/c1-2-29-18-8-6-17(7-9-18)24-23(28)27-11-3-4-16(13-27)22-26-25-21(32-22)15-5-10-19-20(12-15)31-14-30-19/h5-10,12,16H,2-4,11,13-14H2,1H3,(H,24,28). The lowest BCUT2D eigenvalue weighted by Gasteiger charge is -2.31. The fourth-order valence-electron chi connectivity index (χ4n) is 3.91. The zero-order valence-electron chi connectivity index (χ0n) is 17.7. The molecule has 0 aliphatic carbocycles. The first kappa shape index (κ1) is 20.2. The molecule has 0 bridgehead atoms. The zero-order chi connectivity index (χ0) is 21.9. The molecule has 3 aromatic rings. The smallest absolute Gasteiger partial charge is 0.321 e. The summed E-state index contributed by atoms with van der Waals surface area (Å²) in [4.78, 5) is 14.6. The Hall–Kier alpha value is -3.75. The first-order valence-corrected chi connectivity index (χ1v) is 10.7. The van der Waals surface area contributed by atoms with Crippen LogP contribution in [0.2, 0.25) is 0 Å². The number of amides is 2. The first-order valence-electron chi connectivity index (χ1n) is 10.7. The number of hydrogen-bond acceptors (Lipinski definition) is 7. The summed E-state index contributed by atoms with van der Waals surface area (Å²) in [5.41, 5.74) is 1.50. The molecule has 2 aliphatic heterocycles. The van der Waals surface area contributed by atoms with E-state index in [1.54, 1.807) is 4.90 Å². The van der Waals surface area contributed by atoms with E-state index in [1.165, 1.54) is 0 Å². The van der Waals surface area contributed by atoms with E-state index in [0.717, 1.165) is 29.8 Å². The van der Waals surface area contributed by atoms with Crippen LogP contribution in [-0.2, 0) is 0 Å². The molecule has 2 amide bonds. The van der Waals surface area contributed by atoms with Crippen LogP contribution in [0.15, 0.2) is 46.9 Å². The van der Waals surface area contributed by atoms with Crippen LogP contribution in [0, 0.1) is 0 Å². The lowest BCUT2D eigenvalue weighted by molar-refractivity contribution is 0.174. The van der Waals surface area contributed by atoms with Gasteiger partial charge in [-0.15, -0.1) is 10.2 Å². The van der Waals surface area contributed by atoms with E-state index in [4.69, 9.17) is 18.6 Å². The maximum atomic E-state index is 12.8. The van der Waals surface area contributed by atoms with Gasteiger partial charge in [0, 0.05) is 24.3 Å². The van der Waals surface area contributed by atoms with Gasteiger partial charge >= 0.3 is 6.03 Å². The van der Waals surface area contributed by atoms with Crippen LogP contribution >= 0.6 is 0 Å². The number of urea groups is 1. The molecule has 9 heteroatoms. The van der Waals surface area contributed by atoms with Gasteiger partial charge in [-0.1, -0.05) is 0 Å². The summed E-state index contributed by atoms with van der Waals surface area (Å²) in [6.07, 6.45) is 1.75. The van der Waals surface area contributed by atoms with Crippen LogP contribution in [0.25, 0.3) is 11.5 Å². The van der Waals surface area contributed by atoms with Crippen molar-refractivity contribution in [3.8, 4) is 28.7 Å². The second kappa shape index (κ2) is 8.78. The summed E-state index contributed by atoms with van der Waals surface area (Å²) in [5.74, 6) is 3.10. The van der Waals surface area contributed by atoms with E-state index in [9.17, 15) is 4.79 Å². The van der Waals surface area contributed by atoms with Gasteiger partial charge in [0.15, 0.2) is 11.5 Å². The number of likely N-dealkylation sites (tertiary alicyclic amines) is 1. The molecular formula is C23H24N4O5. The fourth-order valence-corrected chi connectivity index (χ4v) is 3.91. The summed E-state index contributed by atoms with van der Waals surface area (Å²) >= 11 is 0. The number of nitrogens with zero attached hydrogens (tertiary/aromatic N) is 3. The van der Waals surface area contributed by atoms with Gasteiger partial charge in [-0.3, -0.25) is 0 Å². The summed E-state index contributed by atoms with van der Waals surface area (Å²) in [6, 6.07) is 12.7. The van der Waals surface area contributed by atoms with Crippen molar-refractivity contribution < 1.29 is 23.4 Å². The third-order valence-corrected chi connectivity index (χ3v) is 5.53. The number of aromatic nitrogens is 2. The van der Waals surface area contributed by atoms with Gasteiger partial charge in [-0.2, -0.15) is 0 Å². The van der Waals surface area contributed by atoms with Gasteiger partial charge in [0.05, 0.1) is 12.5 Å². The number of piperidine rings is 1. The van der Waals surface area contributed by atoms with Crippen LogP contribution in [0.4, 0.5) is 10.5 Å². The normalized spacial score (nSPS) is 17.3. The predicted molar refractivity (Wildman–Crippen MR) is 116 cm³/mol. The summed E-state index contributed by atoms with van der Waals surface area (Å²) in [5, 5.41) is 11.4. The Bertz CT molecular complexity index is 1100. The minimum absolute atomic E-state index is 0.00918. The van der Waals surface area contributed by atoms with Crippen LogP contribution < -0.4 is 19.5 Å². The predicted octanol–water partition coefficient (Wildman–Crippen LogP) is 4.28. The fraction of sp³-hybridized carbons (Fsp3) is 0.348. The molecule has 166 valence electrons. The van der Waals surface area contributed by atoms with Crippen molar-refractivity contribution in [1.29, 1.82) is 0 Å². The van der Waals surface area contributed by atoms with E-state index in [-0.39, 0.29) is 18.7 Å². The van der Waals surface area contributed by atoms with Gasteiger partial charge in [-0.05, 0) is 62.2 Å². The lowest BCUT2D eigenvalue weighted by atomic mass is 9.98. The highest BCUT2D eigenvalue weighted by atomic mass is 16.7. The highest BCUT2D eigenvalue weighted by Crippen LogP contribution is 2.36. The Labute approximate surface area is 185 Å². The number of benzene rings is 2. The molecule has 1 N–H and O–H groups in total. The van der Waals surface area contributed by atoms with E-state index in [2.05, 4.69) is 15.5 Å². The van der Waals surface area contributed by atoms with Crippen LogP contribution in [0.5, 0.6) is 17.2 Å². The lowest BCUT2D eigenvalue weighted by Crippen LogP contribution is -2.41. The van der Waals surface area contributed by atoms with Crippen molar-refractivity contribution in [2.75, 3.05) is 31.8 Å². The average Bonchev–Trinajstić information content (AvgIpc) is 3.50. The largest absolute Gasteiger partial charge is 0.494 e. The minimum Gasteiger partial charge on any atom is -0.494 e. The maximum absolute atomic E-state index is 12.8. The minimum atomic E-state index is -0.144. The number of ether oxygens (including phenoxy) is 3. The third-order valence-electron chi connectivity index (χ3n) is 5.53. The number of fused-ring (bicyclic) bond motifs is 1. The Balaban J connectivity index is 1.23. The molecule has 32 heavy (non-hydrogen) atoms. The van der Waals surface area contributed by atoms with Crippen molar-refractivity contribution in [3.63, 3.8) is 0 Å². The van der Waals surface area contributed by atoms with E-state index < -0.39 is 0 Å². The zero-order valence-corrected chi connectivity index (χ0v) is 17.7. The number of hydrogen-bond donors (Lipinski definition) is 1. The van der Waals surface area contributed by atoms with Gasteiger partial charge in [0.25, 0.3) is 0 Å². The number of carbonyl (C=O) groups is 1. The Kier molecular flexibility index (Phi) is 5.53. The highest BCUT2D eigenvalue weighted by Gasteiger charge is 2.29. The van der Waals surface area contributed by atoms with Crippen molar-refractivity contribution >= 4 is 11.7 Å². The summed E-state index contributed by atoms with van der Waals surface area (Å²) in [7, 11) is 0. The molecule has 1 saturated heterocycles. The molecule has 2 aromatic carbocycles. The molecule has 0 radical (unpaired) electrons. The quantitative estimate of drug-likeness (QED) is 0.637. The van der Waals surface area contributed by atoms with Gasteiger partial charge in [0.1, 0.15) is 5.75 Å². The monoisotopic (exact) mass is 436 g/mol. The molecule has 0 spiro atoms.